The second-order valence-electron chi connectivity index (χ2n) is 9.10. The highest BCUT2D eigenvalue weighted by Gasteiger charge is 2.28. The van der Waals surface area contributed by atoms with E-state index in [1.165, 1.54) is 24.3 Å². The molecule has 2 N–H and O–H groups in total. The zero-order valence-corrected chi connectivity index (χ0v) is 21.1. The normalized spacial score (nSPS) is 13.7. The van der Waals surface area contributed by atoms with Gasteiger partial charge in [0, 0.05) is 43.4 Å². The predicted octanol–water partition coefficient (Wildman–Crippen LogP) is 3.51. The van der Waals surface area contributed by atoms with Gasteiger partial charge < -0.3 is 20.2 Å². The Morgan fingerprint density at radius 1 is 1.00 bits per heavy atom. The van der Waals surface area contributed by atoms with Gasteiger partial charge in [-0.2, -0.15) is 5.26 Å². The fourth-order valence-corrected chi connectivity index (χ4v) is 4.46. The molecule has 3 aromatic rings. The van der Waals surface area contributed by atoms with Crippen LogP contribution in [0.3, 0.4) is 0 Å². The smallest absolute Gasteiger partial charge is 0.305 e. The Morgan fingerprint density at radius 3 is 2.20 bits per heavy atom. The van der Waals surface area contributed by atoms with E-state index in [1.54, 1.807) is 34.1 Å². The number of nitrogens with one attached hydrogen (secondary N) is 1. The van der Waals surface area contributed by atoms with E-state index in [0.29, 0.717) is 42.9 Å². The summed E-state index contributed by atoms with van der Waals surface area (Å²) in [6.45, 7) is 1.26. The highest BCUT2D eigenvalue weighted by molar-refractivity contribution is 5.96. The average Bonchev–Trinajstić information content (AvgIpc) is 2.96. The molecule has 1 fully saturated rings. The molecule has 1 atom stereocenters. The number of piperazine rings is 1. The third kappa shape index (κ3) is 6.39. The maximum Gasteiger partial charge on any atom is 0.305 e. The van der Waals surface area contributed by atoms with Crippen molar-refractivity contribution in [2.45, 2.75) is 12.5 Å². The number of hydrogen-bond donors (Lipinski definition) is 2. The minimum Gasteiger partial charge on any atom is -0.481 e. The summed E-state index contributed by atoms with van der Waals surface area (Å²) in [7, 11) is 0. The highest BCUT2D eigenvalue weighted by Crippen LogP contribution is 2.31. The van der Waals surface area contributed by atoms with Gasteiger partial charge >= 0.3 is 5.97 Å². The molecule has 0 aromatic heterocycles. The van der Waals surface area contributed by atoms with Crippen LogP contribution in [-0.2, 0) is 4.79 Å². The van der Waals surface area contributed by atoms with Gasteiger partial charge in [0.2, 0.25) is 0 Å². The lowest BCUT2D eigenvalue weighted by Gasteiger charge is -2.36. The molecule has 40 heavy (non-hydrogen) atoms. The van der Waals surface area contributed by atoms with Crippen LogP contribution in [-0.4, -0.2) is 58.9 Å². The number of carboxylic acids is 1. The van der Waals surface area contributed by atoms with Crippen LogP contribution in [0.4, 0.5) is 15.8 Å². The zero-order chi connectivity index (χ0) is 28.8. The van der Waals surface area contributed by atoms with E-state index < -0.39 is 35.1 Å². The third-order valence-corrected chi connectivity index (χ3v) is 6.56. The molecule has 12 heteroatoms. The SMILES string of the molecule is N#Cc1ccc(C(=O)N2CCN(c3ccc(C(=O)NC(CC(=O)O)c4ccc(F)cc4)cc3[N+](=O)[O-])CC2)cc1. The Hall–Kier alpha value is -5.31. The van der Waals surface area contributed by atoms with Crippen molar-refractivity contribution in [3.8, 4) is 6.07 Å². The summed E-state index contributed by atoms with van der Waals surface area (Å²) in [4.78, 5) is 51.8. The molecule has 1 aliphatic rings. The van der Waals surface area contributed by atoms with E-state index in [0.717, 1.165) is 18.2 Å². The van der Waals surface area contributed by atoms with Crippen molar-refractivity contribution in [2.24, 2.45) is 0 Å². The lowest BCUT2D eigenvalue weighted by atomic mass is 10.0. The number of carbonyl (C=O) groups excluding carboxylic acids is 2. The second kappa shape index (κ2) is 12.0. The number of nitro benzene ring substituents is 1. The number of anilines is 1. The minimum atomic E-state index is -1.19. The molecule has 3 aromatic carbocycles. The lowest BCUT2D eigenvalue weighted by Crippen LogP contribution is -2.49. The van der Waals surface area contributed by atoms with Crippen molar-refractivity contribution in [1.29, 1.82) is 5.26 Å². The van der Waals surface area contributed by atoms with Crippen molar-refractivity contribution in [3.05, 3.63) is 105 Å². The maximum atomic E-state index is 13.3. The van der Waals surface area contributed by atoms with Crippen LogP contribution >= 0.6 is 0 Å². The Kier molecular flexibility index (Phi) is 8.34. The summed E-state index contributed by atoms with van der Waals surface area (Å²) >= 11 is 0. The number of nitro groups is 1. The Balaban J connectivity index is 1.47. The number of benzene rings is 3. The number of nitriles is 1. The number of hydrogen-bond acceptors (Lipinski definition) is 7. The molecule has 2 amide bonds. The molecule has 1 unspecified atom stereocenters. The minimum absolute atomic E-state index is 0.0393. The van der Waals surface area contributed by atoms with Gasteiger partial charge in [-0.15, -0.1) is 0 Å². The summed E-state index contributed by atoms with van der Waals surface area (Å²) in [5.74, 6) is -2.63. The molecule has 0 aliphatic carbocycles. The van der Waals surface area contributed by atoms with Crippen LogP contribution in [0.15, 0.2) is 66.7 Å². The number of carbonyl (C=O) groups is 3. The molecule has 204 valence electrons. The first-order valence-corrected chi connectivity index (χ1v) is 12.3. The number of halogens is 1. The summed E-state index contributed by atoms with van der Waals surface area (Å²) < 4.78 is 13.3. The highest BCUT2D eigenvalue weighted by atomic mass is 19.1. The molecule has 0 radical (unpaired) electrons. The van der Waals surface area contributed by atoms with E-state index in [-0.39, 0.29) is 22.8 Å². The van der Waals surface area contributed by atoms with E-state index in [9.17, 15) is 34.0 Å². The zero-order valence-electron chi connectivity index (χ0n) is 21.1. The van der Waals surface area contributed by atoms with Crippen LogP contribution in [0.5, 0.6) is 0 Å². The molecular weight excluding hydrogens is 521 g/mol. The first kappa shape index (κ1) is 27.7. The molecule has 0 bridgehead atoms. The van der Waals surface area contributed by atoms with Crippen molar-refractivity contribution in [3.63, 3.8) is 0 Å². The van der Waals surface area contributed by atoms with Gasteiger partial charge in [-0.25, -0.2) is 4.39 Å². The monoisotopic (exact) mass is 545 g/mol. The van der Waals surface area contributed by atoms with E-state index in [1.807, 2.05) is 6.07 Å². The first-order chi connectivity index (χ1) is 19.2. The second-order valence-corrected chi connectivity index (χ2v) is 9.10. The average molecular weight is 546 g/mol. The molecule has 1 aliphatic heterocycles. The summed E-state index contributed by atoms with van der Waals surface area (Å²) in [6, 6.07) is 16.3. The van der Waals surface area contributed by atoms with Crippen LogP contribution in [0.2, 0.25) is 0 Å². The van der Waals surface area contributed by atoms with Crippen molar-refractivity contribution < 1.29 is 28.8 Å². The number of rotatable bonds is 8. The molecular formula is C28H24FN5O6. The van der Waals surface area contributed by atoms with Crippen molar-refractivity contribution in [2.75, 3.05) is 31.1 Å². The van der Waals surface area contributed by atoms with Gasteiger partial charge in [0.1, 0.15) is 11.5 Å². The predicted molar refractivity (Wildman–Crippen MR) is 141 cm³/mol. The Morgan fingerprint density at radius 2 is 1.62 bits per heavy atom. The first-order valence-electron chi connectivity index (χ1n) is 12.3. The van der Waals surface area contributed by atoms with Crippen LogP contribution < -0.4 is 10.2 Å². The van der Waals surface area contributed by atoms with Crippen molar-refractivity contribution >= 4 is 29.2 Å². The van der Waals surface area contributed by atoms with Gasteiger partial charge in [0.15, 0.2) is 0 Å². The molecule has 1 heterocycles. The number of nitrogens with zero attached hydrogens (tertiary/aromatic N) is 4. The molecule has 1 saturated heterocycles. The van der Waals surface area contributed by atoms with E-state index in [2.05, 4.69) is 5.32 Å². The lowest BCUT2D eigenvalue weighted by molar-refractivity contribution is -0.384. The van der Waals surface area contributed by atoms with Crippen LogP contribution in [0, 0.1) is 27.3 Å². The quantitative estimate of drug-likeness (QED) is 0.322. The summed E-state index contributed by atoms with van der Waals surface area (Å²) in [6.07, 6.45) is -0.469. The van der Waals surface area contributed by atoms with Gasteiger partial charge in [0.05, 0.1) is 29.0 Å². The molecule has 0 spiro atoms. The van der Waals surface area contributed by atoms with Gasteiger partial charge in [-0.05, 0) is 54.1 Å². The summed E-state index contributed by atoms with van der Waals surface area (Å²) in [5.41, 5.74) is 1.19. The topological polar surface area (TPSA) is 157 Å². The number of amides is 2. The van der Waals surface area contributed by atoms with Crippen LogP contribution in [0.1, 0.15) is 44.3 Å². The Bertz CT molecular complexity index is 1480. The van der Waals surface area contributed by atoms with Gasteiger partial charge in [-0.3, -0.25) is 24.5 Å². The van der Waals surface area contributed by atoms with E-state index in [4.69, 9.17) is 5.26 Å². The fraction of sp³-hybridized carbons (Fsp3) is 0.214. The van der Waals surface area contributed by atoms with Crippen LogP contribution in [0.25, 0.3) is 0 Å². The largest absolute Gasteiger partial charge is 0.481 e. The number of carboxylic acid groups (broad SMARTS) is 1. The molecule has 4 rings (SSSR count). The Labute approximate surface area is 228 Å². The fourth-order valence-electron chi connectivity index (χ4n) is 4.46. The van der Waals surface area contributed by atoms with Gasteiger partial charge in [0.25, 0.3) is 17.5 Å². The number of aliphatic carboxylic acids is 1. The maximum absolute atomic E-state index is 13.3. The molecule has 0 saturated carbocycles. The van der Waals surface area contributed by atoms with Crippen molar-refractivity contribution in [1.82, 2.24) is 10.2 Å². The third-order valence-electron chi connectivity index (χ3n) is 6.56. The summed E-state index contributed by atoms with van der Waals surface area (Å²) in [5, 5.41) is 32.7. The van der Waals surface area contributed by atoms with E-state index >= 15 is 0 Å². The molecule has 11 nitrogen and oxygen atoms in total. The standard InChI is InChI=1S/C28H24FN5O6/c29-22-8-5-19(6-9-22)23(16-26(35)36)31-27(37)21-7-10-24(25(15-21)34(39)40)32-11-13-33(14-12-32)28(38)20-3-1-18(17-30)2-4-20/h1-10,15,23H,11-14,16H2,(H,31,37)(H,35,36). The van der Waals surface area contributed by atoms with Gasteiger partial charge in [-0.1, -0.05) is 12.1 Å².